The van der Waals surface area contributed by atoms with Crippen molar-refractivity contribution in [3.05, 3.63) is 54.1 Å². The van der Waals surface area contributed by atoms with Gasteiger partial charge in [0.25, 0.3) is 5.91 Å². The first-order valence-electron chi connectivity index (χ1n) is 9.24. The molecular formula is C21H26N3O3+. The molecule has 0 aliphatic carbocycles. The van der Waals surface area contributed by atoms with Gasteiger partial charge >= 0.3 is 0 Å². The molecule has 1 aliphatic heterocycles. The number of quaternary nitrogens is 1. The number of carbonyl (C=O) groups is 2. The van der Waals surface area contributed by atoms with Crippen molar-refractivity contribution in [2.24, 2.45) is 0 Å². The van der Waals surface area contributed by atoms with Crippen LogP contribution in [0.15, 0.2) is 48.5 Å². The van der Waals surface area contributed by atoms with E-state index >= 15 is 0 Å². The molecule has 0 saturated carbocycles. The molecule has 0 radical (unpaired) electrons. The van der Waals surface area contributed by atoms with Crippen LogP contribution >= 0.6 is 0 Å². The van der Waals surface area contributed by atoms with Crippen LogP contribution in [-0.4, -0.2) is 49.0 Å². The third-order valence-corrected chi connectivity index (χ3v) is 5.19. The predicted molar refractivity (Wildman–Crippen MR) is 106 cm³/mol. The van der Waals surface area contributed by atoms with Gasteiger partial charge in [-0.15, -0.1) is 0 Å². The van der Waals surface area contributed by atoms with Gasteiger partial charge in [-0.2, -0.15) is 0 Å². The van der Waals surface area contributed by atoms with E-state index in [2.05, 4.69) is 10.2 Å². The Labute approximate surface area is 159 Å². The molecule has 3 N–H and O–H groups in total. The lowest BCUT2D eigenvalue weighted by Gasteiger charge is -2.36. The lowest BCUT2D eigenvalue weighted by Crippen LogP contribution is -3.19. The minimum Gasteiger partial charge on any atom is -0.508 e. The summed E-state index contributed by atoms with van der Waals surface area (Å²) in [7, 11) is 0. The van der Waals surface area contributed by atoms with Crippen molar-refractivity contribution in [1.82, 2.24) is 0 Å². The number of ketones is 1. The standard InChI is InChI=1S/C21H25N3O3/c1-15(21(27)22-18-5-3-17(4-6-18)16(2)25)23-11-13-24(14-12-23)19-7-9-20(26)10-8-19/h3-10,15,26H,11-14H2,1-2H3,(H,22,27)/p+1/t15-/m1/s1. The van der Waals surface area contributed by atoms with Crippen molar-refractivity contribution < 1.29 is 19.6 Å². The molecule has 2 aromatic carbocycles. The van der Waals surface area contributed by atoms with Crippen LogP contribution in [0.3, 0.4) is 0 Å². The smallest absolute Gasteiger partial charge is 0.282 e. The molecule has 6 heteroatoms. The Balaban J connectivity index is 1.53. The minimum absolute atomic E-state index is 0.0113. The molecule has 6 nitrogen and oxygen atoms in total. The number of anilines is 2. The van der Waals surface area contributed by atoms with Crippen molar-refractivity contribution in [1.29, 1.82) is 0 Å². The Hall–Kier alpha value is -2.86. The van der Waals surface area contributed by atoms with E-state index in [9.17, 15) is 14.7 Å². The second-order valence-corrected chi connectivity index (χ2v) is 7.01. The van der Waals surface area contributed by atoms with E-state index in [1.807, 2.05) is 19.1 Å². The zero-order chi connectivity index (χ0) is 19.4. The third kappa shape index (κ3) is 4.65. The number of hydrogen-bond acceptors (Lipinski definition) is 4. The summed E-state index contributed by atoms with van der Waals surface area (Å²) in [6.45, 7) is 6.95. The Morgan fingerprint density at radius 2 is 1.63 bits per heavy atom. The maximum absolute atomic E-state index is 12.6. The number of phenols is 1. The largest absolute Gasteiger partial charge is 0.508 e. The molecule has 1 aliphatic rings. The lowest BCUT2D eigenvalue weighted by molar-refractivity contribution is -0.914. The summed E-state index contributed by atoms with van der Waals surface area (Å²) in [5, 5.41) is 12.4. The number of phenolic OH excluding ortho intramolecular Hbond substituents is 1. The highest BCUT2D eigenvalue weighted by Gasteiger charge is 2.29. The fourth-order valence-corrected chi connectivity index (χ4v) is 3.37. The maximum Gasteiger partial charge on any atom is 0.282 e. The Morgan fingerprint density at radius 1 is 1.04 bits per heavy atom. The number of amides is 1. The van der Waals surface area contributed by atoms with Crippen molar-refractivity contribution in [3.8, 4) is 5.75 Å². The zero-order valence-corrected chi connectivity index (χ0v) is 15.7. The topological polar surface area (TPSA) is 74.1 Å². The lowest BCUT2D eigenvalue weighted by atomic mass is 10.1. The van der Waals surface area contributed by atoms with Gasteiger partial charge in [-0.1, -0.05) is 0 Å². The van der Waals surface area contributed by atoms with Gasteiger partial charge in [0.2, 0.25) is 0 Å². The Morgan fingerprint density at radius 3 is 2.19 bits per heavy atom. The van der Waals surface area contributed by atoms with Crippen LogP contribution in [0.4, 0.5) is 11.4 Å². The molecule has 1 saturated heterocycles. The molecule has 0 bridgehead atoms. The molecule has 0 unspecified atom stereocenters. The summed E-state index contributed by atoms with van der Waals surface area (Å²) in [4.78, 5) is 27.4. The van der Waals surface area contributed by atoms with Gasteiger partial charge in [0.1, 0.15) is 5.75 Å². The highest BCUT2D eigenvalue weighted by Crippen LogP contribution is 2.18. The number of nitrogens with one attached hydrogen (secondary N) is 2. The average molecular weight is 368 g/mol. The average Bonchev–Trinajstić information content (AvgIpc) is 2.68. The first-order chi connectivity index (χ1) is 12.9. The van der Waals surface area contributed by atoms with Crippen LogP contribution in [-0.2, 0) is 4.79 Å². The van der Waals surface area contributed by atoms with Gasteiger partial charge in [-0.25, -0.2) is 0 Å². The molecule has 1 fully saturated rings. The molecule has 142 valence electrons. The predicted octanol–water partition coefficient (Wildman–Crippen LogP) is 1.33. The van der Waals surface area contributed by atoms with Crippen LogP contribution in [0, 0.1) is 0 Å². The number of aromatic hydroxyl groups is 1. The van der Waals surface area contributed by atoms with Crippen molar-refractivity contribution in [2.45, 2.75) is 19.9 Å². The summed E-state index contributed by atoms with van der Waals surface area (Å²) in [5.41, 5.74) is 2.44. The van der Waals surface area contributed by atoms with Gasteiger partial charge in [0.15, 0.2) is 11.8 Å². The molecule has 0 aromatic heterocycles. The fourth-order valence-electron chi connectivity index (χ4n) is 3.37. The second kappa shape index (κ2) is 8.22. The van der Waals surface area contributed by atoms with Gasteiger partial charge in [-0.3, -0.25) is 9.59 Å². The number of Topliss-reactive ketones (excluding diaryl/α,β-unsaturated/α-hetero) is 1. The van der Waals surface area contributed by atoms with E-state index in [4.69, 9.17) is 0 Å². The van der Waals surface area contributed by atoms with Crippen LogP contribution in [0.5, 0.6) is 5.75 Å². The zero-order valence-electron chi connectivity index (χ0n) is 15.7. The van der Waals surface area contributed by atoms with Gasteiger partial charge in [0, 0.05) is 16.9 Å². The van der Waals surface area contributed by atoms with Crippen molar-refractivity contribution >= 4 is 23.1 Å². The number of hydrogen-bond donors (Lipinski definition) is 3. The van der Waals surface area contributed by atoms with Crippen molar-refractivity contribution in [2.75, 3.05) is 36.4 Å². The highest BCUT2D eigenvalue weighted by atomic mass is 16.3. The summed E-state index contributed by atoms with van der Waals surface area (Å²) in [6, 6.07) is 14.1. The molecule has 2 aromatic rings. The van der Waals surface area contributed by atoms with E-state index < -0.39 is 0 Å². The molecule has 27 heavy (non-hydrogen) atoms. The van der Waals surface area contributed by atoms with Gasteiger partial charge < -0.3 is 20.2 Å². The first kappa shape index (κ1) is 18.9. The number of carbonyl (C=O) groups excluding carboxylic acids is 2. The van der Waals surface area contributed by atoms with Gasteiger partial charge in [0.05, 0.1) is 26.2 Å². The van der Waals surface area contributed by atoms with Crippen molar-refractivity contribution in [3.63, 3.8) is 0 Å². The quantitative estimate of drug-likeness (QED) is 0.696. The Kier molecular flexibility index (Phi) is 5.76. The van der Waals surface area contributed by atoms with E-state index in [0.29, 0.717) is 11.3 Å². The SMILES string of the molecule is CC(=O)c1ccc(NC(=O)[C@@H](C)[NH+]2CCN(c3ccc(O)cc3)CC2)cc1. The Bertz CT molecular complexity index is 794. The summed E-state index contributed by atoms with van der Waals surface area (Å²) < 4.78 is 0. The highest BCUT2D eigenvalue weighted by molar-refractivity contribution is 5.96. The van der Waals surface area contributed by atoms with Crippen LogP contribution in [0.1, 0.15) is 24.2 Å². The number of piperazine rings is 1. The normalized spacial score (nSPS) is 16.0. The molecule has 3 rings (SSSR count). The summed E-state index contributed by atoms with van der Waals surface area (Å²) in [6.07, 6.45) is 0. The maximum atomic E-state index is 12.6. The number of rotatable bonds is 5. The van der Waals surface area contributed by atoms with Gasteiger partial charge in [-0.05, 0) is 62.4 Å². The van der Waals surface area contributed by atoms with Crippen LogP contribution in [0.2, 0.25) is 0 Å². The second-order valence-electron chi connectivity index (χ2n) is 7.01. The van der Waals surface area contributed by atoms with Crippen LogP contribution in [0.25, 0.3) is 0 Å². The van der Waals surface area contributed by atoms with Crippen LogP contribution < -0.4 is 15.1 Å². The molecule has 0 spiro atoms. The molecule has 1 atom stereocenters. The number of benzene rings is 2. The summed E-state index contributed by atoms with van der Waals surface area (Å²) in [5.74, 6) is 0.264. The fraction of sp³-hybridized carbons (Fsp3) is 0.333. The summed E-state index contributed by atoms with van der Waals surface area (Å²) >= 11 is 0. The molecule has 1 heterocycles. The van der Waals surface area contributed by atoms with E-state index in [0.717, 1.165) is 31.9 Å². The van der Waals surface area contributed by atoms with E-state index in [-0.39, 0.29) is 23.5 Å². The van der Waals surface area contributed by atoms with E-state index in [1.54, 1.807) is 36.4 Å². The molecular weight excluding hydrogens is 342 g/mol. The first-order valence-corrected chi connectivity index (χ1v) is 9.24. The monoisotopic (exact) mass is 368 g/mol. The van der Waals surface area contributed by atoms with E-state index in [1.165, 1.54) is 11.8 Å². The minimum atomic E-state index is -0.153. The number of nitrogens with zero attached hydrogens (tertiary/aromatic N) is 1. The third-order valence-electron chi connectivity index (χ3n) is 5.19. The molecule has 1 amide bonds.